The monoisotopic (exact) mass is 799 g/mol. The second-order valence-corrected chi connectivity index (χ2v) is 17.9. The van der Waals surface area contributed by atoms with Gasteiger partial charge < -0.3 is 38.8 Å². The zero-order chi connectivity index (χ0) is 41.0. The number of nitrogens with zero attached hydrogens (tertiary/aromatic N) is 4. The Morgan fingerprint density at radius 3 is 2.04 bits per heavy atom. The van der Waals surface area contributed by atoms with Crippen LogP contribution in [0.1, 0.15) is 118 Å². The Bertz CT molecular complexity index is 1430. The van der Waals surface area contributed by atoms with Crippen LogP contribution in [-0.2, 0) is 23.7 Å². The number of hydrogen-bond donors (Lipinski definition) is 1. The number of aliphatic hydroxyl groups is 1. The van der Waals surface area contributed by atoms with Crippen molar-refractivity contribution in [3.05, 3.63) is 36.0 Å². The van der Waals surface area contributed by atoms with Crippen LogP contribution in [0.4, 0.5) is 14.4 Å². The van der Waals surface area contributed by atoms with Crippen LogP contribution in [-0.4, -0.2) is 138 Å². The van der Waals surface area contributed by atoms with Crippen molar-refractivity contribution in [2.45, 2.75) is 148 Å². The number of allylic oxidation sites excluding steroid dienone is 2. The molecule has 320 valence electrons. The number of esters is 1. The fraction of sp³-hybridized carbons (Fsp3) is 0.773. The van der Waals surface area contributed by atoms with Gasteiger partial charge in [0.05, 0.1) is 6.42 Å². The highest BCUT2D eigenvalue weighted by Crippen LogP contribution is 2.30. The first-order valence-corrected chi connectivity index (χ1v) is 21.7. The summed E-state index contributed by atoms with van der Waals surface area (Å²) in [5.41, 5.74) is -1.21. The van der Waals surface area contributed by atoms with Crippen molar-refractivity contribution in [1.29, 1.82) is 0 Å². The molecule has 5 atom stereocenters. The van der Waals surface area contributed by atoms with E-state index in [-0.39, 0.29) is 37.9 Å². The molecule has 1 aliphatic carbocycles. The van der Waals surface area contributed by atoms with Crippen molar-refractivity contribution < 1.29 is 43.2 Å². The van der Waals surface area contributed by atoms with Crippen molar-refractivity contribution in [3.63, 3.8) is 0 Å². The molecule has 13 heteroatoms. The van der Waals surface area contributed by atoms with Gasteiger partial charge in [-0.05, 0) is 76.9 Å². The molecule has 1 saturated carbocycles. The minimum absolute atomic E-state index is 0.112. The van der Waals surface area contributed by atoms with Gasteiger partial charge in [0.1, 0.15) is 24.4 Å². The molecule has 3 saturated heterocycles. The van der Waals surface area contributed by atoms with E-state index in [0.717, 1.165) is 57.4 Å². The molecule has 1 N–H and O–H groups in total. The summed E-state index contributed by atoms with van der Waals surface area (Å²) in [5.74, 6) is -0.894. The molecular weight excluding hydrogens is 729 g/mol. The Hall–Kier alpha value is -3.58. The largest absolute Gasteiger partial charge is 0.457 e. The van der Waals surface area contributed by atoms with Gasteiger partial charge in [-0.15, -0.1) is 0 Å². The molecule has 0 aromatic carbocycles. The smallest absolute Gasteiger partial charge is 0.410 e. The quantitative estimate of drug-likeness (QED) is 0.0880. The van der Waals surface area contributed by atoms with Crippen LogP contribution in [0.15, 0.2) is 36.0 Å². The SMILES string of the molecule is C/C(=C\C=C\C(C)(C)COC(=O)N1CCCC1)[C@H]1OC(=O)C[C@@H](OC(=O)N2CCCC2)CC[C@@](C)(O)[C@H](OC(=O)N2CCN(C3CCCCCC3)CC2)/C=C\[C@@H]1C. The van der Waals surface area contributed by atoms with Gasteiger partial charge >= 0.3 is 24.2 Å². The lowest BCUT2D eigenvalue weighted by atomic mass is 9.88. The molecule has 5 rings (SSSR count). The van der Waals surface area contributed by atoms with Gasteiger partial charge in [0.2, 0.25) is 0 Å². The Morgan fingerprint density at radius 1 is 0.825 bits per heavy atom. The fourth-order valence-corrected chi connectivity index (χ4v) is 8.57. The summed E-state index contributed by atoms with van der Waals surface area (Å²) in [6.45, 7) is 15.0. The number of carbonyl (C=O) groups excluding carboxylic acids is 4. The predicted molar refractivity (Wildman–Crippen MR) is 217 cm³/mol. The van der Waals surface area contributed by atoms with Crippen molar-refractivity contribution in [2.75, 3.05) is 59.0 Å². The van der Waals surface area contributed by atoms with Crippen LogP contribution in [0.5, 0.6) is 0 Å². The van der Waals surface area contributed by atoms with E-state index in [9.17, 15) is 24.3 Å². The van der Waals surface area contributed by atoms with Crippen LogP contribution in [0.2, 0.25) is 0 Å². The van der Waals surface area contributed by atoms with Crippen molar-refractivity contribution in [2.24, 2.45) is 11.3 Å². The summed E-state index contributed by atoms with van der Waals surface area (Å²) < 4.78 is 23.8. The third kappa shape index (κ3) is 13.5. The number of ether oxygens (including phenoxy) is 4. The van der Waals surface area contributed by atoms with E-state index in [1.807, 2.05) is 52.0 Å². The fourth-order valence-electron chi connectivity index (χ4n) is 8.57. The first-order valence-electron chi connectivity index (χ1n) is 21.7. The van der Waals surface area contributed by atoms with E-state index in [1.54, 1.807) is 27.7 Å². The summed E-state index contributed by atoms with van der Waals surface area (Å²) in [7, 11) is 0. The summed E-state index contributed by atoms with van der Waals surface area (Å²) in [4.78, 5) is 60.5. The third-order valence-corrected chi connectivity index (χ3v) is 12.4. The lowest BCUT2D eigenvalue weighted by Crippen LogP contribution is -2.53. The molecule has 0 unspecified atom stereocenters. The van der Waals surface area contributed by atoms with Crippen molar-refractivity contribution in [1.82, 2.24) is 19.6 Å². The second-order valence-electron chi connectivity index (χ2n) is 17.9. The first-order chi connectivity index (χ1) is 27.2. The Labute approximate surface area is 340 Å². The molecule has 4 heterocycles. The molecule has 0 aromatic heterocycles. The molecular formula is C44H70N4O9. The van der Waals surface area contributed by atoms with Crippen LogP contribution < -0.4 is 0 Å². The average Bonchev–Trinajstić information content (AvgIpc) is 3.87. The number of hydrogen-bond acceptors (Lipinski definition) is 10. The third-order valence-electron chi connectivity index (χ3n) is 12.4. The zero-order valence-electron chi connectivity index (χ0n) is 35.3. The number of rotatable bonds is 8. The number of piperazine rings is 1. The minimum atomic E-state index is -1.53. The molecule has 0 radical (unpaired) electrons. The zero-order valence-corrected chi connectivity index (χ0v) is 35.3. The second kappa shape index (κ2) is 20.9. The summed E-state index contributed by atoms with van der Waals surface area (Å²) in [5, 5.41) is 12.0. The lowest BCUT2D eigenvalue weighted by Gasteiger charge is -2.40. The van der Waals surface area contributed by atoms with E-state index < -0.39 is 47.5 Å². The summed E-state index contributed by atoms with van der Waals surface area (Å²) in [6, 6.07) is 0.570. The maximum atomic E-state index is 13.7. The molecule has 3 amide bonds. The first kappa shape index (κ1) is 44.5. The maximum absolute atomic E-state index is 13.7. The van der Waals surface area contributed by atoms with Gasteiger partial charge in [0.25, 0.3) is 0 Å². The highest BCUT2D eigenvalue weighted by atomic mass is 16.6. The average molecular weight is 799 g/mol. The summed E-state index contributed by atoms with van der Waals surface area (Å²) >= 11 is 0. The van der Waals surface area contributed by atoms with Gasteiger partial charge in [-0.1, -0.05) is 70.8 Å². The number of likely N-dealkylation sites (tertiary alicyclic amines) is 2. The molecule has 4 aliphatic heterocycles. The molecule has 0 spiro atoms. The summed E-state index contributed by atoms with van der Waals surface area (Å²) in [6.07, 6.45) is 16.9. The van der Waals surface area contributed by atoms with Crippen molar-refractivity contribution in [3.8, 4) is 0 Å². The van der Waals surface area contributed by atoms with Crippen LogP contribution >= 0.6 is 0 Å². The van der Waals surface area contributed by atoms with Crippen LogP contribution in [0.3, 0.4) is 0 Å². The molecule has 0 bridgehead atoms. The van der Waals surface area contributed by atoms with Gasteiger partial charge in [0, 0.05) is 69.7 Å². The van der Waals surface area contributed by atoms with Gasteiger partial charge in [-0.25, -0.2) is 14.4 Å². The van der Waals surface area contributed by atoms with Gasteiger partial charge in [-0.2, -0.15) is 0 Å². The molecule has 0 aromatic rings. The molecule has 4 fully saturated rings. The van der Waals surface area contributed by atoms with Gasteiger partial charge in [0.15, 0.2) is 6.10 Å². The molecule has 13 nitrogen and oxygen atoms in total. The molecule has 57 heavy (non-hydrogen) atoms. The highest BCUT2D eigenvalue weighted by molar-refractivity contribution is 5.72. The number of amides is 3. The topological polar surface area (TPSA) is 138 Å². The van der Waals surface area contributed by atoms with Crippen molar-refractivity contribution >= 4 is 24.2 Å². The van der Waals surface area contributed by atoms with E-state index in [1.165, 1.54) is 38.5 Å². The Kier molecular flexibility index (Phi) is 16.3. The maximum Gasteiger partial charge on any atom is 0.410 e. The number of cyclic esters (lactones) is 1. The number of carbonyl (C=O) groups is 4. The van der Waals surface area contributed by atoms with Crippen LogP contribution in [0.25, 0.3) is 0 Å². The lowest BCUT2D eigenvalue weighted by molar-refractivity contribution is -0.151. The molecule has 5 aliphatic rings. The van der Waals surface area contributed by atoms with E-state index in [0.29, 0.717) is 32.2 Å². The van der Waals surface area contributed by atoms with Crippen LogP contribution in [0, 0.1) is 11.3 Å². The van der Waals surface area contributed by atoms with E-state index >= 15 is 0 Å². The van der Waals surface area contributed by atoms with E-state index in [2.05, 4.69) is 4.90 Å². The standard InChI is InChI=1S/C44H70N4O9/c1-33(15-14-21-43(3,4)32-54-40(50)46-23-10-11-24-46)39-34(2)18-19-37(56-42(52)48-29-27-45(28-30-48)35-16-8-6-7-9-17-35)44(5,53)22-20-36(31-38(49)57-39)55-41(51)47-25-12-13-26-47/h14-15,18-19,21,34-37,39,53H,6-13,16-17,20,22-32H2,1-5H3/b19-18-,21-14+,33-15+/t34-,36-,37+,39+,44+/m0/s1. The highest BCUT2D eigenvalue weighted by Gasteiger charge is 2.38. The minimum Gasteiger partial charge on any atom is -0.457 e. The van der Waals surface area contributed by atoms with E-state index in [4.69, 9.17) is 18.9 Å². The Morgan fingerprint density at radius 2 is 1.40 bits per heavy atom. The normalized spacial score (nSPS) is 30.0. The van der Waals surface area contributed by atoms with Gasteiger partial charge in [-0.3, -0.25) is 9.69 Å². The predicted octanol–water partition coefficient (Wildman–Crippen LogP) is 7.23. The Balaban J connectivity index is 1.30.